The predicted molar refractivity (Wildman–Crippen MR) is 76.6 cm³/mol. The van der Waals surface area contributed by atoms with E-state index in [9.17, 15) is 14.9 Å². The van der Waals surface area contributed by atoms with E-state index in [1.807, 2.05) is 6.92 Å². The van der Waals surface area contributed by atoms with Crippen LogP contribution in [0.5, 0.6) is 0 Å². The Labute approximate surface area is 121 Å². The maximum absolute atomic E-state index is 11.2. The predicted octanol–water partition coefficient (Wildman–Crippen LogP) is 2.61. The second-order valence-corrected chi connectivity index (χ2v) is 4.63. The van der Waals surface area contributed by atoms with Crippen molar-refractivity contribution in [2.24, 2.45) is 0 Å². The molecule has 0 aliphatic rings. The maximum atomic E-state index is 11.2. The van der Waals surface area contributed by atoms with Crippen LogP contribution in [0.1, 0.15) is 26.2 Å². The zero-order valence-corrected chi connectivity index (χ0v) is 11.7. The molecule has 0 amide bonds. The Morgan fingerprint density at radius 1 is 1.33 bits per heavy atom. The maximum Gasteiger partial charge on any atom is 0.269 e. The summed E-state index contributed by atoms with van der Waals surface area (Å²) in [5.41, 5.74) is 0.764. The molecule has 0 saturated heterocycles. The molecule has 0 saturated carbocycles. The molecule has 2 rings (SSSR count). The van der Waals surface area contributed by atoms with Gasteiger partial charge in [-0.1, -0.05) is 6.92 Å². The molecular weight excluding hydrogens is 272 g/mol. The Morgan fingerprint density at radius 3 is 2.67 bits per heavy atom. The van der Waals surface area contributed by atoms with E-state index in [0.29, 0.717) is 25.2 Å². The number of aryl methyl sites for hydroxylation is 1. The number of non-ortho nitro benzene ring substituents is 1. The molecule has 0 spiro atoms. The minimum atomic E-state index is -0.444. The molecule has 1 aromatic heterocycles. The summed E-state index contributed by atoms with van der Waals surface area (Å²) in [6.45, 7) is 2.48. The van der Waals surface area contributed by atoms with Gasteiger partial charge in [-0.05, 0) is 18.6 Å². The molecule has 1 heterocycles. The number of aromatic nitrogens is 3. The largest absolute Gasteiger partial charge is 0.300 e. The zero-order chi connectivity index (χ0) is 15.2. The van der Waals surface area contributed by atoms with E-state index in [4.69, 9.17) is 0 Å². The van der Waals surface area contributed by atoms with Crippen molar-refractivity contribution in [3.8, 4) is 11.4 Å². The first-order chi connectivity index (χ1) is 10.1. The van der Waals surface area contributed by atoms with Crippen molar-refractivity contribution in [2.45, 2.75) is 32.7 Å². The van der Waals surface area contributed by atoms with E-state index in [0.717, 1.165) is 12.0 Å². The number of hydrogen-bond donors (Lipinski definition) is 0. The van der Waals surface area contributed by atoms with Gasteiger partial charge in [0.1, 0.15) is 12.1 Å². The summed E-state index contributed by atoms with van der Waals surface area (Å²) in [4.78, 5) is 25.5. The first-order valence-electron chi connectivity index (χ1n) is 6.76. The molecule has 7 nitrogen and oxygen atoms in total. The molecule has 0 bridgehead atoms. The number of carbonyl (C=O) groups is 1. The molecule has 7 heteroatoms. The van der Waals surface area contributed by atoms with Crippen LogP contribution >= 0.6 is 0 Å². The van der Waals surface area contributed by atoms with Crippen LogP contribution in [-0.4, -0.2) is 25.5 Å². The third kappa shape index (κ3) is 3.95. The second-order valence-electron chi connectivity index (χ2n) is 4.63. The summed E-state index contributed by atoms with van der Waals surface area (Å²) in [5.74, 6) is 0.762. The molecule has 0 fully saturated rings. The van der Waals surface area contributed by atoms with E-state index < -0.39 is 4.92 Å². The number of carbonyl (C=O) groups excluding carboxylic acids is 1. The van der Waals surface area contributed by atoms with Crippen LogP contribution in [0.25, 0.3) is 11.4 Å². The molecule has 0 radical (unpaired) electrons. The van der Waals surface area contributed by atoms with Crippen molar-refractivity contribution in [2.75, 3.05) is 0 Å². The van der Waals surface area contributed by atoms with Gasteiger partial charge in [-0.3, -0.25) is 19.6 Å². The normalized spacial score (nSPS) is 10.5. The average molecular weight is 288 g/mol. The summed E-state index contributed by atoms with van der Waals surface area (Å²) in [6, 6.07) is 6.10. The lowest BCUT2D eigenvalue weighted by atomic mass is 10.2. The molecule has 1 aromatic carbocycles. The highest BCUT2D eigenvalue weighted by Gasteiger charge is 2.08. The molecule has 0 atom stereocenters. The fourth-order valence-corrected chi connectivity index (χ4v) is 1.88. The standard InChI is InChI=1S/C14H16N4O3/c1-2-13(19)4-3-9-17-10-15-14(16-17)11-5-7-12(8-6-11)18(20)21/h5-8,10H,2-4,9H2,1H3. The van der Waals surface area contributed by atoms with Crippen molar-refractivity contribution < 1.29 is 9.72 Å². The summed E-state index contributed by atoms with van der Waals surface area (Å²) in [6.07, 6.45) is 3.44. The first kappa shape index (κ1) is 14.8. The van der Waals surface area contributed by atoms with Crippen LogP contribution in [0, 0.1) is 10.1 Å². The first-order valence-corrected chi connectivity index (χ1v) is 6.76. The smallest absolute Gasteiger partial charge is 0.269 e. The summed E-state index contributed by atoms with van der Waals surface area (Å²) >= 11 is 0. The van der Waals surface area contributed by atoms with Crippen LogP contribution in [-0.2, 0) is 11.3 Å². The number of nitro benzene ring substituents is 1. The van der Waals surface area contributed by atoms with Gasteiger partial charge in [0.15, 0.2) is 5.82 Å². The van der Waals surface area contributed by atoms with Gasteiger partial charge in [-0.2, -0.15) is 5.10 Å². The molecule has 21 heavy (non-hydrogen) atoms. The van der Waals surface area contributed by atoms with Crippen molar-refractivity contribution in [1.82, 2.24) is 14.8 Å². The van der Waals surface area contributed by atoms with Crippen LogP contribution < -0.4 is 0 Å². The number of nitrogens with zero attached hydrogens (tertiary/aromatic N) is 4. The third-order valence-electron chi connectivity index (χ3n) is 3.11. The summed E-state index contributed by atoms with van der Waals surface area (Å²) in [5, 5.41) is 14.9. The highest BCUT2D eigenvalue weighted by Crippen LogP contribution is 2.18. The van der Waals surface area contributed by atoms with Gasteiger partial charge in [0, 0.05) is 37.1 Å². The number of rotatable bonds is 7. The van der Waals surface area contributed by atoms with Crippen molar-refractivity contribution in [3.63, 3.8) is 0 Å². The quantitative estimate of drug-likeness (QED) is 0.577. The van der Waals surface area contributed by atoms with Gasteiger partial charge < -0.3 is 0 Å². The number of ketones is 1. The molecule has 0 aliphatic carbocycles. The van der Waals surface area contributed by atoms with E-state index in [2.05, 4.69) is 10.1 Å². The van der Waals surface area contributed by atoms with Crippen LogP contribution in [0.3, 0.4) is 0 Å². The number of nitro groups is 1. The Kier molecular flexibility index (Phi) is 4.76. The van der Waals surface area contributed by atoms with Crippen LogP contribution in [0.15, 0.2) is 30.6 Å². The molecule has 2 aromatic rings. The van der Waals surface area contributed by atoms with Gasteiger partial charge in [-0.15, -0.1) is 0 Å². The van der Waals surface area contributed by atoms with Gasteiger partial charge in [0.05, 0.1) is 4.92 Å². The number of benzene rings is 1. The average Bonchev–Trinajstić information content (AvgIpc) is 2.96. The fraction of sp³-hybridized carbons (Fsp3) is 0.357. The third-order valence-corrected chi connectivity index (χ3v) is 3.11. The van der Waals surface area contributed by atoms with Gasteiger partial charge in [-0.25, -0.2) is 4.98 Å². The minimum absolute atomic E-state index is 0.0382. The molecular formula is C14H16N4O3. The highest BCUT2D eigenvalue weighted by atomic mass is 16.6. The SMILES string of the molecule is CCC(=O)CCCn1cnc(-c2ccc([N+](=O)[O-])cc2)n1. The lowest BCUT2D eigenvalue weighted by Gasteiger charge is -1.99. The van der Waals surface area contributed by atoms with Crippen LogP contribution in [0.4, 0.5) is 5.69 Å². The Hall–Kier alpha value is -2.57. The molecule has 0 N–H and O–H groups in total. The van der Waals surface area contributed by atoms with E-state index in [1.165, 1.54) is 12.1 Å². The van der Waals surface area contributed by atoms with E-state index in [-0.39, 0.29) is 11.5 Å². The van der Waals surface area contributed by atoms with Gasteiger partial charge in [0.2, 0.25) is 0 Å². The van der Waals surface area contributed by atoms with Gasteiger partial charge in [0.25, 0.3) is 5.69 Å². The Balaban J connectivity index is 1.99. The Bertz CT molecular complexity index is 634. The van der Waals surface area contributed by atoms with Crippen molar-refractivity contribution >= 4 is 11.5 Å². The lowest BCUT2D eigenvalue weighted by molar-refractivity contribution is -0.384. The van der Waals surface area contributed by atoms with Gasteiger partial charge >= 0.3 is 0 Å². The fourth-order valence-electron chi connectivity index (χ4n) is 1.88. The number of hydrogen-bond acceptors (Lipinski definition) is 5. The van der Waals surface area contributed by atoms with Crippen molar-refractivity contribution in [3.05, 3.63) is 40.7 Å². The molecule has 110 valence electrons. The van der Waals surface area contributed by atoms with E-state index in [1.54, 1.807) is 23.1 Å². The summed E-state index contributed by atoms with van der Waals surface area (Å²) in [7, 11) is 0. The highest BCUT2D eigenvalue weighted by molar-refractivity contribution is 5.77. The molecule has 0 aliphatic heterocycles. The number of Topliss-reactive ketones (excluding diaryl/α,β-unsaturated/α-hetero) is 1. The monoisotopic (exact) mass is 288 g/mol. The second kappa shape index (κ2) is 6.74. The van der Waals surface area contributed by atoms with Crippen LogP contribution in [0.2, 0.25) is 0 Å². The van der Waals surface area contributed by atoms with E-state index >= 15 is 0 Å². The Morgan fingerprint density at radius 2 is 2.05 bits per heavy atom. The minimum Gasteiger partial charge on any atom is -0.300 e. The topological polar surface area (TPSA) is 90.9 Å². The molecule has 0 unspecified atom stereocenters. The van der Waals surface area contributed by atoms with Crippen molar-refractivity contribution in [1.29, 1.82) is 0 Å². The summed E-state index contributed by atoms with van der Waals surface area (Å²) < 4.78 is 1.68. The zero-order valence-electron chi connectivity index (χ0n) is 11.7. The lowest BCUT2D eigenvalue weighted by Crippen LogP contribution is -2.02.